The monoisotopic (exact) mass is 319 g/mol. The first-order valence-corrected chi connectivity index (χ1v) is 9.64. The summed E-state index contributed by atoms with van der Waals surface area (Å²) in [6, 6.07) is 0.100. The first kappa shape index (κ1) is 19.7. The van der Waals surface area contributed by atoms with Gasteiger partial charge in [-0.2, -0.15) is 0 Å². The number of nitrogens with zero attached hydrogens (tertiary/aromatic N) is 2. The minimum Gasteiger partial charge on any atom is -0.447 e. The summed E-state index contributed by atoms with van der Waals surface area (Å²) in [6.07, 6.45) is -0.163. The number of hydrogen-bond donors (Lipinski definition) is 1. The summed E-state index contributed by atoms with van der Waals surface area (Å²) >= 11 is 0. The molecule has 0 spiro atoms. The van der Waals surface area contributed by atoms with Gasteiger partial charge in [0.15, 0.2) is 0 Å². The van der Waals surface area contributed by atoms with Crippen LogP contribution in [0.1, 0.15) is 27.2 Å². The van der Waals surface area contributed by atoms with Crippen LogP contribution in [0.4, 0.5) is 9.59 Å². The average Bonchev–Trinajstić information content (AvgIpc) is 2.42. The maximum Gasteiger partial charge on any atom is 0.452 e. The smallest absolute Gasteiger partial charge is 0.447 e. The molecule has 1 N–H and O–H groups in total. The van der Waals surface area contributed by atoms with E-state index in [0.29, 0.717) is 26.2 Å². The summed E-state index contributed by atoms with van der Waals surface area (Å²) in [6.45, 7) is 9.35. The van der Waals surface area contributed by atoms with Crippen molar-refractivity contribution in [1.29, 1.82) is 0 Å². The third-order valence-electron chi connectivity index (χ3n) is 2.47. The first-order valence-electron chi connectivity index (χ1n) is 7.11. The van der Waals surface area contributed by atoms with Crippen molar-refractivity contribution < 1.29 is 23.2 Å². The van der Waals surface area contributed by atoms with Crippen LogP contribution in [-0.2, 0) is 13.6 Å². The van der Waals surface area contributed by atoms with E-state index in [1.807, 2.05) is 20.4 Å². The molecule has 0 aliphatic heterocycles. The summed E-state index contributed by atoms with van der Waals surface area (Å²) in [5.41, 5.74) is 0. The molecule has 0 unspecified atom stereocenters. The normalized spacial score (nSPS) is 11.6. The van der Waals surface area contributed by atoms with Gasteiger partial charge in [-0.1, -0.05) is 10.2 Å². The Balaban J connectivity index is 3.97. The van der Waals surface area contributed by atoms with E-state index < -0.39 is 20.7 Å². The van der Waals surface area contributed by atoms with E-state index in [4.69, 9.17) is 8.85 Å². The molecule has 0 aromatic heterocycles. The lowest BCUT2D eigenvalue weighted by Crippen LogP contribution is -2.39. The summed E-state index contributed by atoms with van der Waals surface area (Å²) in [4.78, 5) is 22.2. The number of urea groups is 1. The van der Waals surface area contributed by atoms with Crippen LogP contribution in [-0.4, -0.2) is 47.1 Å². The number of azo groups is 1. The molecule has 0 fully saturated rings. The molecule has 0 heterocycles. The minimum absolute atomic E-state index is 0.192. The molecule has 122 valence electrons. The van der Waals surface area contributed by atoms with Crippen LogP contribution in [0.5, 0.6) is 0 Å². The number of ether oxygens (including phenoxy) is 1. The highest BCUT2D eigenvalue weighted by Gasteiger charge is 2.29. The zero-order chi connectivity index (χ0) is 16.1. The quantitative estimate of drug-likeness (QED) is 0.400. The zero-order valence-corrected chi connectivity index (χ0v) is 14.2. The van der Waals surface area contributed by atoms with E-state index in [2.05, 4.69) is 20.3 Å². The Bertz CT molecular complexity index is 346. The molecule has 0 saturated carbocycles. The van der Waals surface area contributed by atoms with Crippen LogP contribution in [0.25, 0.3) is 0 Å². The molecule has 21 heavy (non-hydrogen) atoms. The van der Waals surface area contributed by atoms with Crippen LogP contribution in [0.2, 0.25) is 12.6 Å². The van der Waals surface area contributed by atoms with E-state index in [-0.39, 0.29) is 6.61 Å². The Morgan fingerprint density at radius 2 is 1.67 bits per heavy atom. The lowest BCUT2D eigenvalue weighted by atomic mass is 10.5. The molecule has 0 rings (SSSR count). The van der Waals surface area contributed by atoms with Gasteiger partial charge >= 0.3 is 20.7 Å². The Hall–Kier alpha value is -1.32. The van der Waals surface area contributed by atoms with Gasteiger partial charge in [0.1, 0.15) is 0 Å². The summed E-state index contributed by atoms with van der Waals surface area (Å²) in [7, 11) is -2.15. The average molecular weight is 319 g/mol. The summed E-state index contributed by atoms with van der Waals surface area (Å²) < 4.78 is 15.9. The van der Waals surface area contributed by atoms with Crippen molar-refractivity contribution in [3.63, 3.8) is 0 Å². The third kappa shape index (κ3) is 10.1. The van der Waals surface area contributed by atoms with Crippen LogP contribution in [0, 0.1) is 0 Å². The maximum absolute atomic E-state index is 11.3. The molecule has 0 aliphatic rings. The fraction of sp³-hybridized carbons (Fsp3) is 0.833. The molecule has 0 aliphatic carbocycles. The van der Waals surface area contributed by atoms with Crippen LogP contribution < -0.4 is 5.32 Å². The van der Waals surface area contributed by atoms with Crippen molar-refractivity contribution in [3.8, 4) is 0 Å². The number of rotatable bonds is 9. The molecule has 0 aromatic rings. The second-order valence-corrected chi connectivity index (χ2v) is 7.58. The molecular formula is C12H25N3O5Si. The van der Waals surface area contributed by atoms with Gasteiger partial charge in [-0.15, -0.1) is 0 Å². The topological polar surface area (TPSA) is 98.6 Å². The predicted octanol–water partition coefficient (Wildman–Crippen LogP) is 2.84. The second-order valence-electron chi connectivity index (χ2n) is 4.23. The van der Waals surface area contributed by atoms with Crippen molar-refractivity contribution in [1.82, 2.24) is 5.32 Å². The Morgan fingerprint density at radius 3 is 2.19 bits per heavy atom. The van der Waals surface area contributed by atoms with Gasteiger partial charge in [0, 0.05) is 19.8 Å². The van der Waals surface area contributed by atoms with E-state index in [0.717, 1.165) is 6.04 Å². The highest BCUT2D eigenvalue weighted by molar-refractivity contribution is 6.66. The minimum atomic E-state index is -2.15. The highest BCUT2D eigenvalue weighted by Crippen LogP contribution is 2.15. The van der Waals surface area contributed by atoms with E-state index >= 15 is 0 Å². The van der Waals surface area contributed by atoms with E-state index in [9.17, 15) is 9.59 Å². The molecule has 0 bridgehead atoms. The molecule has 9 heteroatoms. The third-order valence-corrected chi connectivity index (χ3v) is 5.53. The van der Waals surface area contributed by atoms with Crippen LogP contribution >= 0.6 is 0 Å². The van der Waals surface area contributed by atoms with Crippen molar-refractivity contribution in [3.05, 3.63) is 0 Å². The van der Waals surface area contributed by atoms with Gasteiger partial charge in [0.05, 0.1) is 6.61 Å². The Morgan fingerprint density at radius 1 is 1.05 bits per heavy atom. The highest BCUT2D eigenvalue weighted by atomic mass is 28.4. The number of carbonyl (C=O) groups excluding carboxylic acids is 2. The van der Waals surface area contributed by atoms with Crippen molar-refractivity contribution in [2.45, 2.75) is 39.8 Å². The second kappa shape index (κ2) is 11.3. The molecule has 0 atom stereocenters. The molecule has 0 saturated heterocycles. The summed E-state index contributed by atoms with van der Waals surface area (Å²) in [5.74, 6) is 0. The van der Waals surface area contributed by atoms with Gasteiger partial charge in [0.25, 0.3) is 0 Å². The molecule has 0 radical (unpaired) electrons. The maximum atomic E-state index is 11.3. The number of hydrogen-bond acceptors (Lipinski definition) is 5. The van der Waals surface area contributed by atoms with Crippen LogP contribution in [0.3, 0.4) is 0 Å². The lowest BCUT2D eigenvalue weighted by Gasteiger charge is -2.25. The van der Waals surface area contributed by atoms with Gasteiger partial charge in [-0.25, -0.2) is 9.59 Å². The van der Waals surface area contributed by atoms with Crippen molar-refractivity contribution in [2.75, 3.05) is 26.4 Å². The van der Waals surface area contributed by atoms with E-state index in [1.54, 1.807) is 6.92 Å². The Kier molecular flexibility index (Phi) is 10.6. The van der Waals surface area contributed by atoms with Crippen molar-refractivity contribution in [2.24, 2.45) is 10.2 Å². The van der Waals surface area contributed by atoms with Gasteiger partial charge in [-0.3, -0.25) is 0 Å². The van der Waals surface area contributed by atoms with Gasteiger partial charge in [0.2, 0.25) is 0 Å². The number of carbonyl (C=O) groups is 2. The predicted molar refractivity (Wildman–Crippen MR) is 79.6 cm³/mol. The number of amides is 3. The van der Waals surface area contributed by atoms with Gasteiger partial charge < -0.3 is 18.9 Å². The molecule has 0 aromatic carbocycles. The lowest BCUT2D eigenvalue weighted by molar-refractivity contribution is 0.161. The molecule has 3 amide bonds. The van der Waals surface area contributed by atoms with E-state index in [1.165, 1.54) is 0 Å². The van der Waals surface area contributed by atoms with Crippen LogP contribution in [0.15, 0.2) is 10.2 Å². The van der Waals surface area contributed by atoms with Crippen molar-refractivity contribution >= 4 is 20.7 Å². The SMILES string of the molecule is CCOC(=O)/N=N/C(=O)NCCC[Si](C)(OCC)OCC. The molecular weight excluding hydrogens is 294 g/mol. The fourth-order valence-electron chi connectivity index (χ4n) is 1.68. The zero-order valence-electron chi connectivity index (χ0n) is 13.2. The fourth-order valence-corrected chi connectivity index (χ4v) is 4.09. The summed E-state index contributed by atoms with van der Waals surface area (Å²) in [5, 5.41) is 8.85. The van der Waals surface area contributed by atoms with Gasteiger partial charge in [-0.05, 0) is 39.8 Å². The first-order chi connectivity index (χ1) is 9.97. The number of nitrogens with one attached hydrogen (secondary N) is 1. The largest absolute Gasteiger partial charge is 0.452 e. The molecule has 8 nitrogen and oxygen atoms in total. The standard InChI is InChI=1S/C12H25N3O5Si/c1-5-18-12(17)15-14-11(16)13-9-8-10-21(4,19-6-2)20-7-3/h5-10H2,1-4H3,(H,13,16)/b15-14+. The Labute approximate surface area is 126 Å².